The van der Waals surface area contributed by atoms with Crippen molar-refractivity contribution in [3.63, 3.8) is 0 Å². The molecule has 0 bridgehead atoms. The first kappa shape index (κ1) is 12.8. The topological polar surface area (TPSA) is 42.1 Å². The Hall–Kier alpha value is -1.17. The van der Waals surface area contributed by atoms with Crippen LogP contribution < -0.4 is 5.73 Å². The summed E-state index contributed by atoms with van der Waals surface area (Å²) in [7, 11) is 0. The Kier molecular flexibility index (Phi) is 3.43. The summed E-state index contributed by atoms with van der Waals surface area (Å²) in [6.45, 7) is 2.12. The molecule has 0 amide bonds. The number of hydrogen-bond donors (Lipinski definition) is 1. The van der Waals surface area contributed by atoms with Crippen LogP contribution in [0, 0.1) is 5.82 Å². The molecule has 0 fully saturated rings. The van der Waals surface area contributed by atoms with E-state index in [1.165, 1.54) is 22.3 Å². The Balaban J connectivity index is 1.79. The van der Waals surface area contributed by atoms with Crippen LogP contribution in [-0.2, 0) is 19.5 Å². The molecule has 1 aromatic carbocycles. The van der Waals surface area contributed by atoms with Crippen LogP contribution in [0.3, 0.4) is 0 Å². The summed E-state index contributed by atoms with van der Waals surface area (Å²) in [5.74, 6) is -0.248. The van der Waals surface area contributed by atoms with E-state index in [1.807, 2.05) is 0 Å². The summed E-state index contributed by atoms with van der Waals surface area (Å²) < 4.78 is 13.8. The lowest BCUT2D eigenvalue weighted by molar-refractivity contribution is 0.244. The lowest BCUT2D eigenvalue weighted by atomic mass is 10.1. The van der Waals surface area contributed by atoms with Crippen molar-refractivity contribution in [3.05, 3.63) is 45.2 Å². The van der Waals surface area contributed by atoms with Crippen LogP contribution in [0.1, 0.15) is 16.1 Å². The quantitative estimate of drug-likeness (QED) is 0.926. The van der Waals surface area contributed by atoms with Gasteiger partial charge in [-0.25, -0.2) is 9.37 Å². The van der Waals surface area contributed by atoms with E-state index in [9.17, 15) is 4.39 Å². The second kappa shape index (κ2) is 5.07. The number of fused-ring (bicyclic) bond motifs is 1. The third-order valence-electron chi connectivity index (χ3n) is 3.27. The number of aromatic nitrogens is 1. The lowest BCUT2D eigenvalue weighted by Crippen LogP contribution is -2.29. The summed E-state index contributed by atoms with van der Waals surface area (Å²) in [4.78, 5) is 7.65. The summed E-state index contributed by atoms with van der Waals surface area (Å²) in [6, 6.07) is 4.79. The predicted octanol–water partition coefficient (Wildman–Crippen LogP) is 3.08. The van der Waals surface area contributed by atoms with Gasteiger partial charge in [0, 0.05) is 41.5 Å². The van der Waals surface area contributed by atoms with Gasteiger partial charge in [0.25, 0.3) is 0 Å². The molecule has 3 rings (SSSR count). The average molecular weight is 298 g/mol. The highest BCUT2D eigenvalue weighted by Crippen LogP contribution is 2.28. The van der Waals surface area contributed by atoms with Crippen molar-refractivity contribution in [1.82, 2.24) is 9.88 Å². The highest BCUT2D eigenvalue weighted by atomic mass is 35.5. The van der Waals surface area contributed by atoms with E-state index >= 15 is 0 Å². The van der Waals surface area contributed by atoms with E-state index in [-0.39, 0.29) is 5.82 Å². The van der Waals surface area contributed by atoms with Gasteiger partial charge in [0.2, 0.25) is 0 Å². The fourth-order valence-corrected chi connectivity index (χ4v) is 3.45. The van der Waals surface area contributed by atoms with Gasteiger partial charge in [0.1, 0.15) is 5.82 Å². The van der Waals surface area contributed by atoms with Gasteiger partial charge in [-0.05, 0) is 12.1 Å². The van der Waals surface area contributed by atoms with Gasteiger partial charge in [-0.2, -0.15) is 0 Å². The first-order chi connectivity index (χ1) is 9.13. The van der Waals surface area contributed by atoms with Crippen molar-refractivity contribution in [2.24, 2.45) is 0 Å². The molecule has 1 aliphatic heterocycles. The molecule has 0 saturated carbocycles. The largest absolute Gasteiger partial charge is 0.375 e. The van der Waals surface area contributed by atoms with Crippen molar-refractivity contribution in [1.29, 1.82) is 0 Å². The molecule has 0 spiro atoms. The Morgan fingerprint density at radius 1 is 1.47 bits per heavy atom. The fraction of sp³-hybridized carbons (Fsp3) is 0.308. The number of nitrogens with two attached hydrogens (primary N) is 1. The molecule has 0 aliphatic carbocycles. The lowest BCUT2D eigenvalue weighted by Gasteiger charge is -2.26. The number of thiazole rings is 1. The van der Waals surface area contributed by atoms with Crippen LogP contribution in [0.2, 0.25) is 5.02 Å². The van der Waals surface area contributed by atoms with Crippen molar-refractivity contribution in [2.45, 2.75) is 19.5 Å². The zero-order valence-corrected chi connectivity index (χ0v) is 11.8. The highest BCUT2D eigenvalue weighted by Gasteiger charge is 2.21. The number of nitrogens with zero attached hydrogens (tertiary/aromatic N) is 2. The van der Waals surface area contributed by atoms with Gasteiger partial charge in [-0.15, -0.1) is 11.3 Å². The maximum Gasteiger partial charge on any atom is 0.180 e. The van der Waals surface area contributed by atoms with E-state index in [0.717, 1.165) is 25.2 Å². The number of hydrogen-bond acceptors (Lipinski definition) is 4. The molecule has 0 saturated heterocycles. The van der Waals surface area contributed by atoms with Gasteiger partial charge in [0.15, 0.2) is 5.13 Å². The van der Waals surface area contributed by atoms with E-state index in [2.05, 4.69) is 9.88 Å². The van der Waals surface area contributed by atoms with Gasteiger partial charge >= 0.3 is 0 Å². The molecule has 2 heterocycles. The molecule has 1 aliphatic rings. The minimum absolute atomic E-state index is 0.248. The summed E-state index contributed by atoms with van der Waals surface area (Å²) in [5, 5.41) is 1.09. The first-order valence-corrected chi connectivity index (χ1v) is 7.22. The first-order valence-electron chi connectivity index (χ1n) is 6.03. The van der Waals surface area contributed by atoms with Gasteiger partial charge in [-0.3, -0.25) is 4.90 Å². The second-order valence-corrected chi connectivity index (χ2v) is 6.11. The highest BCUT2D eigenvalue weighted by molar-refractivity contribution is 7.15. The molecule has 3 nitrogen and oxygen atoms in total. The third kappa shape index (κ3) is 2.59. The normalized spacial score (nSPS) is 15.5. The minimum atomic E-state index is -0.248. The Morgan fingerprint density at radius 3 is 3.11 bits per heavy atom. The van der Waals surface area contributed by atoms with Crippen molar-refractivity contribution >= 4 is 28.1 Å². The van der Waals surface area contributed by atoms with E-state index in [4.69, 9.17) is 17.3 Å². The molecule has 0 unspecified atom stereocenters. The summed E-state index contributed by atoms with van der Waals surface area (Å²) in [6.07, 6.45) is 0.856. The molecular weight excluding hydrogens is 285 g/mol. The van der Waals surface area contributed by atoms with Crippen LogP contribution in [0.4, 0.5) is 9.52 Å². The van der Waals surface area contributed by atoms with E-state index in [0.29, 0.717) is 22.3 Å². The number of nitrogen functional groups attached to an aromatic ring is 1. The average Bonchev–Trinajstić information content (AvgIpc) is 2.73. The number of rotatable bonds is 2. The summed E-state index contributed by atoms with van der Waals surface area (Å²) in [5.41, 5.74) is 7.35. The predicted molar refractivity (Wildman–Crippen MR) is 75.8 cm³/mol. The third-order valence-corrected chi connectivity index (χ3v) is 4.54. The van der Waals surface area contributed by atoms with Crippen molar-refractivity contribution in [3.8, 4) is 0 Å². The molecule has 1 aromatic heterocycles. The number of anilines is 1. The van der Waals surface area contributed by atoms with Crippen LogP contribution >= 0.6 is 22.9 Å². The maximum absolute atomic E-state index is 13.8. The van der Waals surface area contributed by atoms with Gasteiger partial charge in [-0.1, -0.05) is 17.7 Å². The zero-order valence-electron chi connectivity index (χ0n) is 10.2. The monoisotopic (exact) mass is 297 g/mol. The molecule has 19 heavy (non-hydrogen) atoms. The van der Waals surface area contributed by atoms with Crippen LogP contribution in [0.5, 0.6) is 0 Å². The van der Waals surface area contributed by atoms with E-state index in [1.54, 1.807) is 12.1 Å². The molecule has 6 heteroatoms. The fourth-order valence-electron chi connectivity index (χ4n) is 2.31. The SMILES string of the molecule is Nc1nc2c(s1)CN(Cc1c(F)cccc1Cl)CC2. The van der Waals surface area contributed by atoms with Crippen molar-refractivity contribution in [2.75, 3.05) is 12.3 Å². The smallest absolute Gasteiger partial charge is 0.180 e. The van der Waals surface area contributed by atoms with Gasteiger partial charge < -0.3 is 5.73 Å². The number of halogens is 2. The Morgan fingerprint density at radius 2 is 2.32 bits per heavy atom. The van der Waals surface area contributed by atoms with Crippen LogP contribution in [0.25, 0.3) is 0 Å². The molecule has 100 valence electrons. The minimum Gasteiger partial charge on any atom is -0.375 e. The molecule has 0 radical (unpaired) electrons. The molecular formula is C13H13ClFN3S. The molecule has 2 N–H and O–H groups in total. The number of benzene rings is 1. The van der Waals surface area contributed by atoms with Gasteiger partial charge in [0.05, 0.1) is 5.69 Å². The standard InChI is InChI=1S/C13H13ClFN3S/c14-9-2-1-3-10(15)8(9)6-18-5-4-11-12(7-18)19-13(16)17-11/h1-3H,4-7H2,(H2,16,17). The van der Waals surface area contributed by atoms with Crippen LogP contribution in [-0.4, -0.2) is 16.4 Å². The maximum atomic E-state index is 13.8. The van der Waals surface area contributed by atoms with Crippen LogP contribution in [0.15, 0.2) is 18.2 Å². The molecule has 2 aromatic rings. The zero-order chi connectivity index (χ0) is 13.4. The Bertz CT molecular complexity index is 594. The Labute approximate surface area is 119 Å². The summed E-state index contributed by atoms with van der Waals surface area (Å²) >= 11 is 7.57. The molecule has 0 atom stereocenters. The van der Waals surface area contributed by atoms with E-state index < -0.39 is 0 Å². The van der Waals surface area contributed by atoms with Crippen molar-refractivity contribution < 1.29 is 4.39 Å². The second-order valence-electron chi connectivity index (χ2n) is 4.58.